The third-order valence-corrected chi connectivity index (χ3v) is 9.27. The van der Waals surface area contributed by atoms with Crippen LogP contribution in [0.1, 0.15) is 52.7 Å². The topological polar surface area (TPSA) is 57.1 Å². The van der Waals surface area contributed by atoms with E-state index in [2.05, 4.69) is 56.3 Å². The van der Waals surface area contributed by atoms with E-state index in [1.807, 2.05) is 58.0 Å². The Balaban J connectivity index is 1.36. The molecule has 2 aliphatic rings. The monoisotopic (exact) mass is 569 g/mol. The van der Waals surface area contributed by atoms with Gasteiger partial charge in [0.25, 0.3) is 0 Å². The number of hydrogen-bond acceptors (Lipinski definition) is 5. The zero-order chi connectivity index (χ0) is 30.1. The standard InChI is InChI=1S/C36H33BFN3O2/c1-34(2)27-15-11-10-14-25(27)26-18-16-23(20-28(26)34)32-39-31(22-12-8-7-9-13-22)40-33(41-32)24-17-19-30(38)29(21-24)37-42-35(3,4)36(5,6)43-37/h7-21H,1-6H3. The molecule has 0 radical (unpaired) electrons. The SMILES string of the molecule is CC1(C)c2ccccc2-c2ccc(-c3nc(-c4ccccc4)nc(-c4ccc(F)c(B5OC(C)(C)C(C)(C)O5)c4)n3)cc21. The molecule has 5 nitrogen and oxygen atoms in total. The summed E-state index contributed by atoms with van der Waals surface area (Å²) < 4.78 is 27.6. The van der Waals surface area contributed by atoms with Crippen LogP contribution in [0.2, 0.25) is 0 Å². The maximum Gasteiger partial charge on any atom is 0.497 e. The van der Waals surface area contributed by atoms with E-state index in [0.29, 0.717) is 28.5 Å². The average Bonchev–Trinajstić information content (AvgIpc) is 3.36. The average molecular weight is 569 g/mol. The first-order chi connectivity index (χ1) is 20.4. The molecule has 0 bridgehead atoms. The van der Waals surface area contributed by atoms with Gasteiger partial charge in [0, 0.05) is 27.6 Å². The minimum absolute atomic E-state index is 0.158. The summed E-state index contributed by atoms with van der Waals surface area (Å²) in [5.74, 6) is 1.15. The minimum Gasteiger partial charge on any atom is -0.399 e. The van der Waals surface area contributed by atoms with Gasteiger partial charge in [0.05, 0.1) is 11.2 Å². The first kappa shape index (κ1) is 27.6. The molecule has 214 valence electrons. The highest BCUT2D eigenvalue weighted by Gasteiger charge is 2.52. The molecule has 0 unspecified atom stereocenters. The molecule has 0 amide bonds. The van der Waals surface area contributed by atoms with E-state index >= 15 is 4.39 Å². The Morgan fingerprint density at radius 1 is 0.558 bits per heavy atom. The molecule has 43 heavy (non-hydrogen) atoms. The van der Waals surface area contributed by atoms with Gasteiger partial charge in [-0.15, -0.1) is 0 Å². The van der Waals surface area contributed by atoms with E-state index in [9.17, 15) is 0 Å². The van der Waals surface area contributed by atoms with E-state index in [4.69, 9.17) is 24.3 Å². The summed E-state index contributed by atoms with van der Waals surface area (Å²) in [4.78, 5) is 14.7. The Bertz CT molecular complexity index is 1870. The van der Waals surface area contributed by atoms with Crippen LogP contribution in [0.3, 0.4) is 0 Å². The van der Waals surface area contributed by atoms with Gasteiger partial charge in [-0.1, -0.05) is 80.6 Å². The molecule has 1 aromatic heterocycles. The number of benzene rings is 4. The van der Waals surface area contributed by atoms with Gasteiger partial charge in [-0.25, -0.2) is 19.3 Å². The van der Waals surface area contributed by atoms with Crippen LogP contribution in [0.25, 0.3) is 45.3 Å². The minimum atomic E-state index is -0.847. The summed E-state index contributed by atoms with van der Waals surface area (Å²) in [5.41, 5.74) is 6.42. The Kier molecular flexibility index (Phi) is 6.21. The molecule has 2 heterocycles. The van der Waals surface area contributed by atoms with Gasteiger partial charge in [-0.2, -0.15) is 0 Å². The summed E-state index contributed by atoms with van der Waals surface area (Å²) in [7, 11) is -0.847. The lowest BCUT2D eigenvalue weighted by Gasteiger charge is -2.32. The Morgan fingerprint density at radius 2 is 1.09 bits per heavy atom. The van der Waals surface area contributed by atoms with E-state index in [-0.39, 0.29) is 5.41 Å². The third-order valence-electron chi connectivity index (χ3n) is 9.27. The number of fused-ring (bicyclic) bond motifs is 3. The van der Waals surface area contributed by atoms with E-state index in [1.165, 1.54) is 28.3 Å². The largest absolute Gasteiger partial charge is 0.497 e. The first-order valence-electron chi connectivity index (χ1n) is 14.7. The van der Waals surface area contributed by atoms with Crippen molar-refractivity contribution < 1.29 is 13.7 Å². The molecule has 0 N–H and O–H groups in total. The zero-order valence-electron chi connectivity index (χ0n) is 25.3. The maximum atomic E-state index is 15.2. The lowest BCUT2D eigenvalue weighted by molar-refractivity contribution is 0.00578. The molecule has 0 atom stereocenters. The Morgan fingerprint density at radius 3 is 1.77 bits per heavy atom. The van der Waals surface area contributed by atoms with Crippen LogP contribution in [0.4, 0.5) is 4.39 Å². The second-order valence-corrected chi connectivity index (χ2v) is 12.9. The molecule has 5 aromatic rings. The third kappa shape index (κ3) is 4.50. The fourth-order valence-electron chi connectivity index (χ4n) is 6.03. The summed E-state index contributed by atoms with van der Waals surface area (Å²) in [6.45, 7) is 12.3. The van der Waals surface area contributed by atoms with Gasteiger partial charge in [0.15, 0.2) is 17.5 Å². The van der Waals surface area contributed by atoms with Crippen molar-refractivity contribution in [2.75, 3.05) is 0 Å². The van der Waals surface area contributed by atoms with E-state index in [0.717, 1.165) is 11.1 Å². The fourth-order valence-corrected chi connectivity index (χ4v) is 6.03. The van der Waals surface area contributed by atoms with Crippen molar-refractivity contribution in [3.8, 4) is 45.3 Å². The maximum absolute atomic E-state index is 15.2. The van der Waals surface area contributed by atoms with Crippen molar-refractivity contribution in [1.82, 2.24) is 15.0 Å². The highest BCUT2D eigenvalue weighted by molar-refractivity contribution is 6.62. The second-order valence-electron chi connectivity index (χ2n) is 12.9. The van der Waals surface area contributed by atoms with Crippen LogP contribution < -0.4 is 5.46 Å². The normalized spacial score (nSPS) is 17.5. The Labute approximate surface area is 252 Å². The van der Waals surface area contributed by atoms with Crippen molar-refractivity contribution >= 4 is 12.6 Å². The molecule has 1 fully saturated rings. The smallest absolute Gasteiger partial charge is 0.399 e. The van der Waals surface area contributed by atoms with Crippen LogP contribution in [-0.4, -0.2) is 33.3 Å². The summed E-state index contributed by atoms with van der Waals surface area (Å²) in [6, 6.07) is 29.7. The van der Waals surface area contributed by atoms with Gasteiger partial charge < -0.3 is 9.31 Å². The first-order valence-corrected chi connectivity index (χ1v) is 14.7. The van der Waals surface area contributed by atoms with Crippen molar-refractivity contribution in [3.63, 3.8) is 0 Å². The molecule has 4 aromatic carbocycles. The van der Waals surface area contributed by atoms with Crippen molar-refractivity contribution in [3.05, 3.63) is 108 Å². The summed E-state index contributed by atoms with van der Waals surface area (Å²) >= 11 is 0. The Hall–Kier alpha value is -4.20. The highest BCUT2D eigenvalue weighted by Crippen LogP contribution is 2.49. The zero-order valence-corrected chi connectivity index (χ0v) is 25.3. The lowest BCUT2D eigenvalue weighted by atomic mass is 9.78. The van der Waals surface area contributed by atoms with Crippen molar-refractivity contribution in [2.45, 2.75) is 58.2 Å². The summed E-state index contributed by atoms with van der Waals surface area (Å²) in [5, 5.41) is 0. The van der Waals surface area contributed by atoms with E-state index < -0.39 is 24.1 Å². The fraction of sp³-hybridized carbons (Fsp3) is 0.250. The van der Waals surface area contributed by atoms with Gasteiger partial charge >= 0.3 is 7.12 Å². The van der Waals surface area contributed by atoms with Gasteiger partial charge in [0.1, 0.15) is 5.82 Å². The second kappa shape index (κ2) is 9.66. The number of hydrogen-bond donors (Lipinski definition) is 0. The molecule has 0 spiro atoms. The van der Waals surface area contributed by atoms with Crippen LogP contribution in [0, 0.1) is 5.82 Å². The molecular weight excluding hydrogens is 536 g/mol. The van der Waals surface area contributed by atoms with Gasteiger partial charge in [-0.05, 0) is 74.2 Å². The molecular formula is C36H33BFN3O2. The predicted molar refractivity (Wildman–Crippen MR) is 169 cm³/mol. The molecule has 1 saturated heterocycles. The van der Waals surface area contributed by atoms with Crippen LogP contribution in [0.5, 0.6) is 0 Å². The van der Waals surface area contributed by atoms with Gasteiger partial charge in [0.2, 0.25) is 0 Å². The van der Waals surface area contributed by atoms with Gasteiger partial charge in [-0.3, -0.25) is 0 Å². The van der Waals surface area contributed by atoms with Crippen LogP contribution in [-0.2, 0) is 14.7 Å². The number of aromatic nitrogens is 3. The predicted octanol–water partition coefficient (Wildman–Crippen LogP) is 7.62. The van der Waals surface area contributed by atoms with E-state index in [1.54, 1.807) is 12.1 Å². The van der Waals surface area contributed by atoms with Crippen molar-refractivity contribution in [1.29, 1.82) is 0 Å². The molecule has 1 aliphatic heterocycles. The molecule has 1 aliphatic carbocycles. The van der Waals surface area contributed by atoms with Crippen molar-refractivity contribution in [2.24, 2.45) is 0 Å². The number of rotatable bonds is 4. The molecule has 0 saturated carbocycles. The van der Waals surface area contributed by atoms with Crippen LogP contribution in [0.15, 0.2) is 91.0 Å². The van der Waals surface area contributed by atoms with Crippen LogP contribution >= 0.6 is 0 Å². The number of nitrogens with zero attached hydrogens (tertiary/aromatic N) is 3. The molecule has 7 heteroatoms. The summed E-state index contributed by atoms with van der Waals surface area (Å²) in [6.07, 6.45) is 0. The lowest BCUT2D eigenvalue weighted by Crippen LogP contribution is -2.41. The molecule has 7 rings (SSSR count). The number of halogens is 1. The highest BCUT2D eigenvalue weighted by atomic mass is 19.1. The quantitative estimate of drug-likeness (QED) is 0.209.